The lowest BCUT2D eigenvalue weighted by atomic mass is 10.2. The Labute approximate surface area is 140 Å². The van der Waals surface area contributed by atoms with Crippen LogP contribution in [0.25, 0.3) is 0 Å². The van der Waals surface area contributed by atoms with Crippen molar-refractivity contribution < 1.29 is 0 Å². The van der Waals surface area contributed by atoms with Crippen LogP contribution in [-0.4, -0.2) is 18.5 Å². The number of guanidine groups is 1. The van der Waals surface area contributed by atoms with Gasteiger partial charge in [0.1, 0.15) is 0 Å². The van der Waals surface area contributed by atoms with Crippen LogP contribution in [-0.2, 0) is 6.54 Å². The zero-order chi connectivity index (χ0) is 13.0. The van der Waals surface area contributed by atoms with Crippen molar-refractivity contribution in [3.05, 3.63) is 34.3 Å². The SMILES string of the molecule is CCNC(=NCc1ccc(Br)cc1)NC1CC1C.I. The van der Waals surface area contributed by atoms with Crippen LogP contribution in [0.4, 0.5) is 0 Å². The van der Waals surface area contributed by atoms with E-state index >= 15 is 0 Å². The average Bonchev–Trinajstić information content (AvgIpc) is 3.04. The second kappa shape index (κ2) is 8.09. The third-order valence-electron chi connectivity index (χ3n) is 3.11. The molecule has 1 aliphatic carbocycles. The molecule has 1 aliphatic rings. The van der Waals surface area contributed by atoms with Crippen LogP contribution in [0.2, 0.25) is 0 Å². The molecule has 1 aromatic carbocycles. The number of hydrogen-bond donors (Lipinski definition) is 2. The van der Waals surface area contributed by atoms with Crippen LogP contribution in [0.5, 0.6) is 0 Å². The van der Waals surface area contributed by atoms with Gasteiger partial charge in [0, 0.05) is 17.1 Å². The highest BCUT2D eigenvalue weighted by Crippen LogP contribution is 2.28. The summed E-state index contributed by atoms with van der Waals surface area (Å²) in [4.78, 5) is 4.61. The maximum Gasteiger partial charge on any atom is 0.191 e. The van der Waals surface area contributed by atoms with Crippen molar-refractivity contribution >= 4 is 45.9 Å². The molecule has 1 saturated carbocycles. The smallest absolute Gasteiger partial charge is 0.191 e. The second-order valence-electron chi connectivity index (χ2n) is 4.79. The molecule has 19 heavy (non-hydrogen) atoms. The Bertz CT molecular complexity index is 419. The first-order chi connectivity index (χ1) is 8.69. The molecular weight excluding hydrogens is 417 g/mol. The van der Waals surface area contributed by atoms with Crippen LogP contribution in [0.3, 0.4) is 0 Å². The Morgan fingerprint density at radius 3 is 2.53 bits per heavy atom. The molecule has 0 spiro atoms. The predicted octanol–water partition coefficient (Wildman–Crippen LogP) is 3.53. The molecule has 2 N–H and O–H groups in total. The molecule has 0 amide bonds. The molecule has 0 bridgehead atoms. The van der Waals surface area contributed by atoms with Crippen LogP contribution in [0.15, 0.2) is 33.7 Å². The quantitative estimate of drug-likeness (QED) is 0.429. The third kappa shape index (κ3) is 5.69. The second-order valence-corrected chi connectivity index (χ2v) is 5.70. The molecule has 2 rings (SSSR count). The van der Waals surface area contributed by atoms with E-state index in [9.17, 15) is 0 Å². The minimum atomic E-state index is 0. The Hall–Kier alpha value is -0.300. The molecule has 2 unspecified atom stereocenters. The number of hydrogen-bond acceptors (Lipinski definition) is 1. The summed E-state index contributed by atoms with van der Waals surface area (Å²) in [5.41, 5.74) is 1.22. The van der Waals surface area contributed by atoms with Crippen molar-refractivity contribution in [3.8, 4) is 0 Å². The number of rotatable bonds is 4. The topological polar surface area (TPSA) is 36.4 Å². The van der Waals surface area contributed by atoms with Crippen molar-refractivity contribution in [2.24, 2.45) is 10.9 Å². The Morgan fingerprint density at radius 2 is 2.00 bits per heavy atom. The summed E-state index contributed by atoms with van der Waals surface area (Å²) in [7, 11) is 0. The average molecular weight is 438 g/mol. The molecule has 0 heterocycles. The fourth-order valence-electron chi connectivity index (χ4n) is 1.78. The van der Waals surface area contributed by atoms with Gasteiger partial charge in [0.25, 0.3) is 0 Å². The molecule has 0 aromatic heterocycles. The van der Waals surface area contributed by atoms with Gasteiger partial charge >= 0.3 is 0 Å². The largest absolute Gasteiger partial charge is 0.357 e. The van der Waals surface area contributed by atoms with E-state index in [2.05, 4.69) is 57.5 Å². The lowest BCUT2D eigenvalue weighted by Gasteiger charge is -2.10. The number of aliphatic imine (C=N–C) groups is 1. The molecular formula is C14H21BrIN3. The fourth-order valence-corrected chi connectivity index (χ4v) is 2.04. The monoisotopic (exact) mass is 437 g/mol. The van der Waals surface area contributed by atoms with Crippen molar-refractivity contribution in [2.45, 2.75) is 32.9 Å². The van der Waals surface area contributed by atoms with E-state index in [1.54, 1.807) is 0 Å². The molecule has 0 saturated heterocycles. The predicted molar refractivity (Wildman–Crippen MR) is 95.1 cm³/mol. The van der Waals surface area contributed by atoms with Crippen molar-refractivity contribution in [1.82, 2.24) is 10.6 Å². The summed E-state index contributed by atoms with van der Waals surface area (Å²) in [6.07, 6.45) is 1.25. The highest BCUT2D eigenvalue weighted by Gasteiger charge is 2.33. The first-order valence-electron chi connectivity index (χ1n) is 6.48. The van der Waals surface area contributed by atoms with Gasteiger partial charge in [-0.2, -0.15) is 0 Å². The van der Waals surface area contributed by atoms with Gasteiger partial charge < -0.3 is 10.6 Å². The minimum absolute atomic E-state index is 0. The van der Waals surface area contributed by atoms with Gasteiger partial charge in [-0.1, -0.05) is 35.0 Å². The van der Waals surface area contributed by atoms with E-state index in [4.69, 9.17) is 0 Å². The molecule has 0 aliphatic heterocycles. The van der Waals surface area contributed by atoms with Gasteiger partial charge in [-0.05, 0) is 37.0 Å². The Balaban J connectivity index is 0.00000180. The normalized spacial score (nSPS) is 21.5. The van der Waals surface area contributed by atoms with Gasteiger partial charge in [-0.15, -0.1) is 24.0 Å². The third-order valence-corrected chi connectivity index (χ3v) is 3.64. The van der Waals surface area contributed by atoms with Crippen molar-refractivity contribution in [3.63, 3.8) is 0 Å². The van der Waals surface area contributed by atoms with Gasteiger partial charge in [-0.25, -0.2) is 4.99 Å². The molecule has 1 aromatic rings. The number of benzene rings is 1. The van der Waals surface area contributed by atoms with Gasteiger partial charge in [-0.3, -0.25) is 0 Å². The van der Waals surface area contributed by atoms with Gasteiger partial charge in [0.2, 0.25) is 0 Å². The molecule has 5 heteroatoms. The zero-order valence-corrected chi connectivity index (χ0v) is 15.2. The van der Waals surface area contributed by atoms with E-state index in [0.29, 0.717) is 12.6 Å². The summed E-state index contributed by atoms with van der Waals surface area (Å²) in [6, 6.07) is 8.89. The summed E-state index contributed by atoms with van der Waals surface area (Å²) >= 11 is 3.44. The van der Waals surface area contributed by atoms with E-state index < -0.39 is 0 Å². The summed E-state index contributed by atoms with van der Waals surface area (Å²) in [5, 5.41) is 6.74. The summed E-state index contributed by atoms with van der Waals surface area (Å²) in [6.45, 7) is 5.96. The Morgan fingerprint density at radius 1 is 1.37 bits per heavy atom. The maximum atomic E-state index is 4.61. The van der Waals surface area contributed by atoms with Crippen LogP contribution in [0, 0.1) is 5.92 Å². The molecule has 1 fully saturated rings. The number of halogens is 2. The number of nitrogens with zero attached hydrogens (tertiary/aromatic N) is 1. The standard InChI is InChI=1S/C14H20BrN3.HI/c1-3-16-14(18-13-8-10(13)2)17-9-11-4-6-12(15)7-5-11;/h4-7,10,13H,3,8-9H2,1-2H3,(H2,16,17,18);1H. The highest BCUT2D eigenvalue weighted by atomic mass is 127. The minimum Gasteiger partial charge on any atom is -0.357 e. The Kier molecular flexibility index (Phi) is 7.13. The van der Waals surface area contributed by atoms with Gasteiger partial charge in [0.15, 0.2) is 5.96 Å². The fraction of sp³-hybridized carbons (Fsp3) is 0.500. The summed E-state index contributed by atoms with van der Waals surface area (Å²) < 4.78 is 1.10. The van der Waals surface area contributed by atoms with E-state index in [1.807, 2.05) is 12.1 Å². The molecule has 3 nitrogen and oxygen atoms in total. The highest BCUT2D eigenvalue weighted by molar-refractivity contribution is 14.0. The first-order valence-corrected chi connectivity index (χ1v) is 7.27. The molecule has 106 valence electrons. The lowest BCUT2D eigenvalue weighted by Crippen LogP contribution is -2.39. The van der Waals surface area contributed by atoms with E-state index in [-0.39, 0.29) is 24.0 Å². The van der Waals surface area contributed by atoms with Crippen molar-refractivity contribution in [2.75, 3.05) is 6.54 Å². The first kappa shape index (κ1) is 16.8. The van der Waals surface area contributed by atoms with Crippen LogP contribution in [0.1, 0.15) is 25.8 Å². The number of nitrogens with one attached hydrogen (secondary N) is 2. The summed E-state index contributed by atoms with van der Waals surface area (Å²) in [5.74, 6) is 1.70. The molecule has 2 atom stereocenters. The van der Waals surface area contributed by atoms with E-state index in [1.165, 1.54) is 12.0 Å². The van der Waals surface area contributed by atoms with Gasteiger partial charge in [0.05, 0.1) is 6.54 Å². The molecule has 0 radical (unpaired) electrons. The van der Waals surface area contributed by atoms with Crippen molar-refractivity contribution in [1.29, 1.82) is 0 Å². The van der Waals surface area contributed by atoms with Crippen LogP contribution >= 0.6 is 39.9 Å². The lowest BCUT2D eigenvalue weighted by molar-refractivity contribution is 0.766. The van der Waals surface area contributed by atoms with E-state index in [0.717, 1.165) is 22.9 Å². The van der Waals surface area contributed by atoms with Crippen LogP contribution < -0.4 is 10.6 Å². The zero-order valence-electron chi connectivity index (χ0n) is 11.3. The maximum absolute atomic E-state index is 4.61.